The summed E-state index contributed by atoms with van der Waals surface area (Å²) in [5.74, 6) is 0. The molecule has 0 aromatic carbocycles. The Morgan fingerprint density at radius 2 is 1.15 bits per heavy atom. The molecular formula is C33H38N4NiO. The molecule has 0 saturated carbocycles. The van der Waals surface area contributed by atoms with E-state index in [1.54, 1.807) is 0 Å². The van der Waals surface area contributed by atoms with Crippen LogP contribution >= 0.6 is 0 Å². The smallest absolute Gasteiger partial charge is 0.154 e. The van der Waals surface area contributed by atoms with E-state index in [1.807, 2.05) is 0 Å². The van der Waals surface area contributed by atoms with Crippen molar-refractivity contribution in [2.75, 3.05) is 0 Å². The minimum Gasteiger partial charge on any atom is -0.355 e. The zero-order valence-electron chi connectivity index (χ0n) is 24.3. The summed E-state index contributed by atoms with van der Waals surface area (Å²) in [5.41, 5.74) is 17.9. The number of carbonyl (C=O) groups excluding carboxylic acids is 1. The maximum atomic E-state index is 12.7. The Morgan fingerprint density at radius 1 is 0.641 bits per heavy atom. The van der Waals surface area contributed by atoms with Gasteiger partial charge in [-0.1, -0.05) is 27.7 Å². The number of aromatic amines is 2. The first kappa shape index (κ1) is 28.8. The second kappa shape index (κ2) is 11.1. The Bertz CT molecular complexity index is 1720. The Kier molecular flexibility index (Phi) is 8.18. The molecule has 5 nitrogen and oxygen atoms in total. The van der Waals surface area contributed by atoms with E-state index >= 15 is 0 Å². The van der Waals surface area contributed by atoms with E-state index in [0.29, 0.717) is 5.56 Å². The number of allylic oxidation sites excluding steroid dienone is 4. The molecule has 206 valence electrons. The van der Waals surface area contributed by atoms with Gasteiger partial charge in [0.05, 0.1) is 28.3 Å². The molecule has 3 aromatic heterocycles. The predicted octanol–water partition coefficient (Wildman–Crippen LogP) is 8.55. The van der Waals surface area contributed by atoms with E-state index in [4.69, 9.17) is 9.97 Å². The van der Waals surface area contributed by atoms with Crippen molar-refractivity contribution in [2.24, 2.45) is 0 Å². The molecule has 5 heterocycles. The first-order chi connectivity index (χ1) is 18.3. The first-order valence-corrected chi connectivity index (χ1v) is 13.9. The van der Waals surface area contributed by atoms with E-state index in [0.717, 1.165) is 93.5 Å². The average Bonchev–Trinajstić information content (AvgIpc) is 3.57. The summed E-state index contributed by atoms with van der Waals surface area (Å²) in [7, 11) is 0. The summed E-state index contributed by atoms with van der Waals surface area (Å²) in [4.78, 5) is 30.2. The summed E-state index contributed by atoms with van der Waals surface area (Å²) in [6, 6.07) is 6.57. The van der Waals surface area contributed by atoms with Gasteiger partial charge in [-0.2, -0.15) is 0 Å². The van der Waals surface area contributed by atoms with Crippen LogP contribution in [0.4, 0.5) is 0 Å². The van der Waals surface area contributed by atoms with Crippen molar-refractivity contribution in [3.63, 3.8) is 0 Å². The Hall–Kier alpha value is -3.24. The van der Waals surface area contributed by atoms with Gasteiger partial charge >= 0.3 is 0 Å². The number of hydrogen-bond acceptors (Lipinski definition) is 3. The van der Waals surface area contributed by atoms with Gasteiger partial charge < -0.3 is 9.97 Å². The minimum atomic E-state index is 0. The van der Waals surface area contributed by atoms with Gasteiger partial charge in [0.15, 0.2) is 6.29 Å². The van der Waals surface area contributed by atoms with Gasteiger partial charge in [0.25, 0.3) is 0 Å². The Balaban J connectivity index is 0.00000353. The molecular weight excluding hydrogens is 527 g/mol. The van der Waals surface area contributed by atoms with Crippen molar-refractivity contribution in [1.82, 2.24) is 19.9 Å². The number of nitrogens with one attached hydrogen (secondary N) is 2. The number of aromatic nitrogens is 4. The van der Waals surface area contributed by atoms with Crippen LogP contribution in [0.1, 0.15) is 110 Å². The van der Waals surface area contributed by atoms with Crippen LogP contribution in [-0.2, 0) is 29.3 Å². The van der Waals surface area contributed by atoms with Gasteiger partial charge in [0.1, 0.15) is 0 Å². The topological polar surface area (TPSA) is 74.4 Å². The molecule has 0 fully saturated rings. The number of aryl methyl sites for hydroxylation is 4. The van der Waals surface area contributed by atoms with Crippen molar-refractivity contribution in [1.29, 1.82) is 0 Å². The molecule has 6 heteroatoms. The predicted molar refractivity (Wildman–Crippen MR) is 160 cm³/mol. The molecule has 8 bridgehead atoms. The van der Waals surface area contributed by atoms with Crippen LogP contribution in [0.15, 0.2) is 18.2 Å². The summed E-state index contributed by atoms with van der Waals surface area (Å²) < 4.78 is 0. The maximum absolute atomic E-state index is 12.7. The fourth-order valence-corrected chi connectivity index (χ4v) is 6.28. The van der Waals surface area contributed by atoms with Crippen LogP contribution in [0.5, 0.6) is 0 Å². The second-order valence-corrected chi connectivity index (χ2v) is 10.4. The standard InChI is InChI=1S/C33H38N4O.Ni/c1-9-21-18(6)27-14-31-23(11-3)20(8)32(37-31)25(16-38)33-24(12-4)19(7)28(36-33)15-30-22(10-2)17(5)26(34-30)13-29(21)35-27;/h13-16,34-35H,9-12H2,1-8H3;. The quantitative estimate of drug-likeness (QED) is 0.241. The largest absolute Gasteiger partial charge is 0.355 e. The minimum absolute atomic E-state index is 0. The molecule has 39 heavy (non-hydrogen) atoms. The maximum Gasteiger partial charge on any atom is 0.154 e. The van der Waals surface area contributed by atoms with E-state index in [2.05, 4.69) is 83.6 Å². The molecule has 0 radical (unpaired) electrons. The van der Waals surface area contributed by atoms with Gasteiger partial charge in [-0.3, -0.25) is 4.79 Å². The number of rotatable bonds is 5. The summed E-state index contributed by atoms with van der Waals surface area (Å²) >= 11 is 0. The van der Waals surface area contributed by atoms with Crippen molar-refractivity contribution >= 4 is 50.6 Å². The fraction of sp³-hybridized carbons (Fsp3) is 0.364. The van der Waals surface area contributed by atoms with Gasteiger partial charge in [0, 0.05) is 38.6 Å². The van der Waals surface area contributed by atoms with Crippen LogP contribution < -0.4 is 0 Å². The molecule has 2 N–H and O–H groups in total. The van der Waals surface area contributed by atoms with Crippen LogP contribution in [0.3, 0.4) is 0 Å². The summed E-state index contributed by atoms with van der Waals surface area (Å²) in [6.07, 6.45) is 4.44. The number of fused-ring (bicyclic) bond motifs is 8. The van der Waals surface area contributed by atoms with Gasteiger partial charge in [-0.25, -0.2) is 9.97 Å². The van der Waals surface area contributed by atoms with Gasteiger partial charge in [-0.05, 0) is 116 Å². The Morgan fingerprint density at radius 3 is 1.69 bits per heavy atom. The fourth-order valence-electron chi connectivity index (χ4n) is 6.28. The number of carbonyl (C=O) groups is 1. The van der Waals surface area contributed by atoms with Gasteiger partial charge in [-0.15, -0.1) is 0 Å². The van der Waals surface area contributed by atoms with Crippen molar-refractivity contribution in [3.8, 4) is 0 Å². The van der Waals surface area contributed by atoms with Crippen LogP contribution in [-0.4, -0.2) is 26.2 Å². The monoisotopic (exact) mass is 564 g/mol. The van der Waals surface area contributed by atoms with Crippen LogP contribution in [0, 0.1) is 13.8 Å². The third-order valence-electron chi connectivity index (χ3n) is 8.50. The molecule has 0 saturated heterocycles. The third-order valence-corrected chi connectivity index (χ3v) is 8.50. The zero-order valence-corrected chi connectivity index (χ0v) is 25.2. The van der Waals surface area contributed by atoms with E-state index < -0.39 is 0 Å². The van der Waals surface area contributed by atoms with E-state index in [-0.39, 0.29) is 16.5 Å². The molecule has 3 aromatic rings. The number of aldehydes is 1. The molecule has 0 aliphatic carbocycles. The second-order valence-electron chi connectivity index (χ2n) is 10.4. The Labute approximate surface area is 241 Å². The molecule has 2 aliphatic heterocycles. The summed E-state index contributed by atoms with van der Waals surface area (Å²) in [6.45, 7) is 17.3. The van der Waals surface area contributed by atoms with E-state index in [1.165, 1.54) is 27.8 Å². The van der Waals surface area contributed by atoms with Crippen molar-refractivity contribution < 1.29 is 21.3 Å². The van der Waals surface area contributed by atoms with E-state index in [9.17, 15) is 4.79 Å². The van der Waals surface area contributed by atoms with Gasteiger partial charge in [0.2, 0.25) is 0 Å². The molecule has 5 rings (SSSR count). The SMILES string of the molecule is CCC1=C(C)c2nc1cc1[nH]c(cc3[nH]c(cc4nc(c2C=O)C(CC)=C4C)c(CC)c3C)c(CC)c1C.[Ni]. The third kappa shape index (κ3) is 4.53. The van der Waals surface area contributed by atoms with Crippen molar-refractivity contribution in [3.05, 3.63) is 68.8 Å². The zero-order chi connectivity index (χ0) is 27.3. The number of hydrogen-bond donors (Lipinski definition) is 2. The molecule has 2 aliphatic rings. The molecule has 0 atom stereocenters. The molecule has 0 amide bonds. The first-order valence-electron chi connectivity index (χ1n) is 13.9. The summed E-state index contributed by atoms with van der Waals surface area (Å²) in [5, 5.41) is 0. The van der Waals surface area contributed by atoms with Crippen LogP contribution in [0.25, 0.3) is 44.4 Å². The number of H-pyrrole nitrogens is 2. The number of nitrogens with zero attached hydrogens (tertiary/aromatic N) is 2. The molecule has 0 spiro atoms. The van der Waals surface area contributed by atoms with Crippen LogP contribution in [0.2, 0.25) is 0 Å². The molecule has 0 unspecified atom stereocenters. The average molecular weight is 565 g/mol. The van der Waals surface area contributed by atoms with Crippen molar-refractivity contribution in [2.45, 2.75) is 81.1 Å². The normalized spacial score (nSPS) is 13.2.